The fourth-order valence-corrected chi connectivity index (χ4v) is 7.16. The first-order valence-electron chi connectivity index (χ1n) is 11.0. The SMILES string of the molecule is O=C(CN1C(=O)CSc2ccc(S(=O)(=O)N3CCCC3)cc21)N1CCC2(CC1)OCCO2. The molecule has 1 spiro atoms. The van der Waals surface area contributed by atoms with Gasteiger partial charge in [0.05, 0.1) is 29.5 Å². The van der Waals surface area contributed by atoms with E-state index in [1.165, 1.54) is 21.0 Å². The van der Waals surface area contributed by atoms with Crippen molar-refractivity contribution in [2.45, 2.75) is 41.3 Å². The molecule has 4 aliphatic rings. The summed E-state index contributed by atoms with van der Waals surface area (Å²) in [5.41, 5.74) is 0.496. The summed E-state index contributed by atoms with van der Waals surface area (Å²) in [5, 5.41) is 0. The molecule has 0 unspecified atom stereocenters. The van der Waals surface area contributed by atoms with Gasteiger partial charge in [0.25, 0.3) is 0 Å². The van der Waals surface area contributed by atoms with Gasteiger partial charge in [-0.3, -0.25) is 9.59 Å². The molecule has 0 atom stereocenters. The van der Waals surface area contributed by atoms with Gasteiger partial charge in [-0.1, -0.05) is 0 Å². The number of hydrogen-bond donors (Lipinski definition) is 0. The van der Waals surface area contributed by atoms with Crippen molar-refractivity contribution >= 4 is 39.3 Å². The zero-order chi connectivity index (χ0) is 22.3. The maximum Gasteiger partial charge on any atom is 0.243 e. The number of rotatable bonds is 4. The minimum absolute atomic E-state index is 0.103. The first-order valence-corrected chi connectivity index (χ1v) is 13.4. The average Bonchev–Trinajstić information content (AvgIpc) is 3.49. The number of thioether (sulfide) groups is 1. The zero-order valence-corrected chi connectivity index (χ0v) is 19.5. The monoisotopic (exact) mass is 481 g/mol. The van der Waals surface area contributed by atoms with Crippen molar-refractivity contribution in [3.8, 4) is 0 Å². The van der Waals surface area contributed by atoms with Crippen LogP contribution in [0.2, 0.25) is 0 Å². The summed E-state index contributed by atoms with van der Waals surface area (Å²) in [5.74, 6) is -0.692. The van der Waals surface area contributed by atoms with E-state index in [4.69, 9.17) is 9.47 Å². The Morgan fingerprint density at radius 2 is 1.75 bits per heavy atom. The highest BCUT2D eigenvalue weighted by Gasteiger charge is 2.41. The third-order valence-corrected chi connectivity index (χ3v) is 9.50. The molecule has 9 nitrogen and oxygen atoms in total. The fraction of sp³-hybridized carbons (Fsp3) is 0.619. The molecule has 0 aliphatic carbocycles. The molecule has 1 aromatic carbocycles. The third-order valence-electron chi connectivity index (χ3n) is 6.56. The Kier molecular flexibility index (Phi) is 5.95. The van der Waals surface area contributed by atoms with Crippen LogP contribution in [0.5, 0.6) is 0 Å². The lowest BCUT2D eigenvalue weighted by Crippen LogP contribution is -2.51. The van der Waals surface area contributed by atoms with Crippen LogP contribution in [0.3, 0.4) is 0 Å². The maximum absolute atomic E-state index is 13.0. The van der Waals surface area contributed by atoms with E-state index >= 15 is 0 Å². The van der Waals surface area contributed by atoms with E-state index < -0.39 is 15.8 Å². The molecule has 0 bridgehead atoms. The second-order valence-electron chi connectivity index (χ2n) is 8.50. The van der Waals surface area contributed by atoms with Gasteiger partial charge in [-0.2, -0.15) is 4.31 Å². The van der Waals surface area contributed by atoms with Crippen LogP contribution in [0.4, 0.5) is 5.69 Å². The Hall–Kier alpha value is -1.66. The van der Waals surface area contributed by atoms with Gasteiger partial charge in [-0.15, -0.1) is 11.8 Å². The Bertz CT molecular complexity index is 1010. The summed E-state index contributed by atoms with van der Waals surface area (Å²) in [7, 11) is -3.61. The van der Waals surface area contributed by atoms with Crippen LogP contribution in [-0.4, -0.2) is 86.9 Å². The van der Waals surface area contributed by atoms with E-state index in [9.17, 15) is 18.0 Å². The molecule has 1 aromatic rings. The lowest BCUT2D eigenvalue weighted by molar-refractivity contribution is -0.187. The van der Waals surface area contributed by atoms with Gasteiger partial charge in [0.2, 0.25) is 21.8 Å². The van der Waals surface area contributed by atoms with Gasteiger partial charge < -0.3 is 19.3 Å². The number of anilines is 1. The van der Waals surface area contributed by atoms with Crippen LogP contribution in [-0.2, 0) is 29.1 Å². The summed E-state index contributed by atoms with van der Waals surface area (Å²) in [6.45, 7) is 3.09. The predicted molar refractivity (Wildman–Crippen MR) is 118 cm³/mol. The molecule has 2 amide bonds. The molecule has 4 heterocycles. The van der Waals surface area contributed by atoms with Crippen LogP contribution in [0.1, 0.15) is 25.7 Å². The fourth-order valence-electron chi connectivity index (χ4n) is 4.71. The number of hydrogen-bond acceptors (Lipinski definition) is 7. The molecule has 0 N–H and O–H groups in total. The minimum Gasteiger partial charge on any atom is -0.347 e. The van der Waals surface area contributed by atoms with Crippen molar-refractivity contribution in [3.63, 3.8) is 0 Å². The van der Waals surface area contributed by atoms with Crippen molar-refractivity contribution in [2.24, 2.45) is 0 Å². The molecule has 3 saturated heterocycles. The van der Waals surface area contributed by atoms with Crippen LogP contribution < -0.4 is 4.90 Å². The number of carbonyl (C=O) groups is 2. The number of carbonyl (C=O) groups excluding carboxylic acids is 2. The van der Waals surface area contributed by atoms with E-state index in [1.807, 2.05) is 0 Å². The number of amides is 2. The van der Waals surface area contributed by atoms with Crippen LogP contribution in [0.15, 0.2) is 28.0 Å². The Labute approximate surface area is 192 Å². The number of piperidine rings is 1. The molecular formula is C21H27N3O6S2. The Balaban J connectivity index is 1.34. The molecule has 0 radical (unpaired) electrons. The normalized spacial score (nSPS) is 23.7. The van der Waals surface area contributed by atoms with Gasteiger partial charge in [0.15, 0.2) is 5.79 Å². The topological polar surface area (TPSA) is 96.5 Å². The zero-order valence-electron chi connectivity index (χ0n) is 17.8. The molecule has 174 valence electrons. The molecule has 11 heteroatoms. The summed E-state index contributed by atoms with van der Waals surface area (Å²) >= 11 is 1.37. The van der Waals surface area contributed by atoms with E-state index in [-0.39, 0.29) is 29.0 Å². The molecule has 5 rings (SSSR count). The molecule has 32 heavy (non-hydrogen) atoms. The van der Waals surface area contributed by atoms with Crippen LogP contribution >= 0.6 is 11.8 Å². The highest BCUT2D eigenvalue weighted by atomic mass is 32.2. The summed E-state index contributed by atoms with van der Waals surface area (Å²) in [4.78, 5) is 29.9. The van der Waals surface area contributed by atoms with Crippen molar-refractivity contribution in [1.82, 2.24) is 9.21 Å². The predicted octanol–water partition coefficient (Wildman–Crippen LogP) is 1.28. The number of sulfonamides is 1. The average molecular weight is 482 g/mol. The standard InChI is InChI=1S/C21H27N3O6S2/c25-19(22-9-5-21(6-10-22)29-11-12-30-21)14-24-17-13-16(3-4-18(17)31-15-20(24)26)32(27,28)23-7-1-2-8-23/h3-4,13H,1-2,5-12,14-15H2. The maximum atomic E-state index is 13.0. The quantitative estimate of drug-likeness (QED) is 0.639. The van der Waals surface area contributed by atoms with Crippen molar-refractivity contribution in [3.05, 3.63) is 18.2 Å². The second-order valence-corrected chi connectivity index (χ2v) is 11.5. The highest BCUT2D eigenvalue weighted by molar-refractivity contribution is 8.00. The molecular weight excluding hydrogens is 454 g/mol. The number of benzene rings is 1. The van der Waals surface area contributed by atoms with Gasteiger partial charge in [0.1, 0.15) is 6.54 Å². The number of ether oxygens (including phenoxy) is 2. The van der Waals surface area contributed by atoms with Crippen LogP contribution in [0.25, 0.3) is 0 Å². The number of fused-ring (bicyclic) bond motifs is 1. The van der Waals surface area contributed by atoms with Crippen LogP contribution in [0, 0.1) is 0 Å². The Morgan fingerprint density at radius 3 is 2.44 bits per heavy atom. The van der Waals surface area contributed by atoms with Gasteiger partial charge in [-0.25, -0.2) is 8.42 Å². The number of nitrogens with zero attached hydrogens (tertiary/aromatic N) is 3. The highest BCUT2D eigenvalue weighted by Crippen LogP contribution is 2.38. The van der Waals surface area contributed by atoms with Gasteiger partial charge in [-0.05, 0) is 31.0 Å². The first-order chi connectivity index (χ1) is 15.4. The van der Waals surface area contributed by atoms with Gasteiger partial charge >= 0.3 is 0 Å². The summed E-state index contributed by atoms with van der Waals surface area (Å²) in [6.07, 6.45) is 2.92. The van der Waals surface area contributed by atoms with E-state index in [0.29, 0.717) is 57.9 Å². The molecule has 0 aromatic heterocycles. The lowest BCUT2D eigenvalue weighted by atomic mass is 10.0. The van der Waals surface area contributed by atoms with E-state index in [2.05, 4.69) is 0 Å². The van der Waals surface area contributed by atoms with Crippen molar-refractivity contribution in [2.75, 3.05) is 56.6 Å². The molecule has 4 aliphatic heterocycles. The van der Waals surface area contributed by atoms with E-state index in [0.717, 1.165) is 17.7 Å². The summed E-state index contributed by atoms with van der Waals surface area (Å²) < 4.78 is 39.0. The smallest absolute Gasteiger partial charge is 0.243 e. The van der Waals surface area contributed by atoms with Gasteiger partial charge in [0, 0.05) is 43.9 Å². The second kappa shape index (κ2) is 8.60. The number of likely N-dealkylation sites (tertiary alicyclic amines) is 1. The Morgan fingerprint density at radius 1 is 1.06 bits per heavy atom. The first kappa shape index (κ1) is 22.1. The molecule has 0 saturated carbocycles. The van der Waals surface area contributed by atoms with E-state index in [1.54, 1.807) is 23.1 Å². The van der Waals surface area contributed by atoms with Crippen molar-refractivity contribution in [1.29, 1.82) is 0 Å². The summed E-state index contributed by atoms with van der Waals surface area (Å²) in [6, 6.07) is 4.89. The molecule has 3 fully saturated rings. The third kappa shape index (κ3) is 4.05. The van der Waals surface area contributed by atoms with Crippen molar-refractivity contribution < 1.29 is 27.5 Å². The lowest BCUT2D eigenvalue weighted by Gasteiger charge is -2.38. The largest absolute Gasteiger partial charge is 0.347 e. The minimum atomic E-state index is -3.61.